The van der Waals surface area contributed by atoms with Crippen molar-refractivity contribution in [1.29, 1.82) is 0 Å². The number of hydrogen-bond donors (Lipinski definition) is 1. The Hall–Kier alpha value is -3.42. The summed E-state index contributed by atoms with van der Waals surface area (Å²) < 4.78 is 0. The van der Waals surface area contributed by atoms with Crippen molar-refractivity contribution in [2.75, 3.05) is 0 Å². The zero-order valence-electron chi connectivity index (χ0n) is 18.8. The molecule has 0 saturated heterocycles. The fourth-order valence-electron chi connectivity index (χ4n) is 5.13. The number of rotatable bonds is 4. The molecule has 0 heterocycles. The Morgan fingerprint density at radius 1 is 0.656 bits per heavy atom. The molecule has 0 aliphatic heterocycles. The first-order valence-corrected chi connectivity index (χ1v) is 11.2. The molecule has 0 saturated carbocycles. The van der Waals surface area contributed by atoms with Gasteiger partial charge in [0.05, 0.1) is 0 Å². The largest absolute Gasteiger partial charge is 0.376 e. The molecule has 1 aliphatic carbocycles. The van der Waals surface area contributed by atoms with Gasteiger partial charge in [0.2, 0.25) is 0 Å². The Kier molecular flexibility index (Phi) is 5.07. The molecular formula is C31H28O. The molecule has 1 heteroatoms. The van der Waals surface area contributed by atoms with Gasteiger partial charge in [-0.15, -0.1) is 0 Å². The summed E-state index contributed by atoms with van der Waals surface area (Å²) >= 11 is 0. The summed E-state index contributed by atoms with van der Waals surface area (Å²) in [6, 6.07) is 32.9. The molecule has 1 N–H and O–H groups in total. The van der Waals surface area contributed by atoms with E-state index >= 15 is 0 Å². The maximum absolute atomic E-state index is 12.7. The van der Waals surface area contributed by atoms with E-state index in [1.807, 2.05) is 60.7 Å². The lowest BCUT2D eigenvalue weighted by molar-refractivity contribution is 0.126. The molecule has 0 amide bonds. The predicted molar refractivity (Wildman–Crippen MR) is 134 cm³/mol. The Morgan fingerprint density at radius 2 is 1.22 bits per heavy atom. The average molecular weight is 417 g/mol. The van der Waals surface area contributed by atoms with Gasteiger partial charge in [-0.25, -0.2) is 0 Å². The summed E-state index contributed by atoms with van der Waals surface area (Å²) in [5.74, 6) is 0.147. The predicted octanol–water partition coefficient (Wildman–Crippen LogP) is 7.50. The third-order valence-electron chi connectivity index (χ3n) is 7.11. The van der Waals surface area contributed by atoms with E-state index in [9.17, 15) is 5.11 Å². The normalized spacial score (nSPS) is 16.5. The Morgan fingerprint density at radius 3 is 1.78 bits per heavy atom. The molecule has 0 spiro atoms. The first-order chi connectivity index (χ1) is 15.5. The van der Waals surface area contributed by atoms with E-state index in [0.717, 1.165) is 33.0 Å². The highest BCUT2D eigenvalue weighted by Crippen LogP contribution is 2.47. The minimum atomic E-state index is -1.28. The maximum atomic E-state index is 12.7. The maximum Gasteiger partial charge on any atom is 0.141 e. The lowest BCUT2D eigenvalue weighted by Crippen LogP contribution is -2.31. The third kappa shape index (κ3) is 3.13. The van der Waals surface area contributed by atoms with E-state index in [-0.39, 0.29) is 5.92 Å². The van der Waals surface area contributed by atoms with Gasteiger partial charge in [0.25, 0.3) is 0 Å². The van der Waals surface area contributed by atoms with E-state index in [0.29, 0.717) is 0 Å². The SMILES string of the molecule is CC1=CC(c2ccc3ccccc3c2C(O)(c2ccccc2)c2ccccc2)C(C)=C1C. The molecule has 0 bridgehead atoms. The summed E-state index contributed by atoms with van der Waals surface area (Å²) in [5, 5.41) is 15.0. The van der Waals surface area contributed by atoms with Crippen molar-refractivity contribution in [3.63, 3.8) is 0 Å². The van der Waals surface area contributed by atoms with Gasteiger partial charge < -0.3 is 5.11 Å². The molecule has 1 nitrogen and oxygen atoms in total. The number of fused-ring (bicyclic) bond motifs is 1. The van der Waals surface area contributed by atoms with Crippen molar-refractivity contribution >= 4 is 10.8 Å². The second-order valence-electron chi connectivity index (χ2n) is 8.83. The van der Waals surface area contributed by atoms with Crippen molar-refractivity contribution in [3.8, 4) is 0 Å². The van der Waals surface area contributed by atoms with Crippen molar-refractivity contribution in [3.05, 3.63) is 142 Å². The van der Waals surface area contributed by atoms with Crippen molar-refractivity contribution < 1.29 is 5.11 Å². The third-order valence-corrected chi connectivity index (χ3v) is 7.11. The van der Waals surface area contributed by atoms with Crippen LogP contribution in [0.15, 0.2) is 120 Å². The highest BCUT2D eigenvalue weighted by Gasteiger charge is 2.39. The van der Waals surface area contributed by atoms with E-state index in [2.05, 4.69) is 63.2 Å². The molecule has 4 aromatic carbocycles. The molecule has 4 aromatic rings. The van der Waals surface area contributed by atoms with Gasteiger partial charge in [-0.2, -0.15) is 0 Å². The van der Waals surface area contributed by atoms with E-state index in [1.54, 1.807) is 0 Å². The quantitative estimate of drug-likeness (QED) is 0.341. The second kappa shape index (κ2) is 7.93. The van der Waals surface area contributed by atoms with Gasteiger partial charge in [0.1, 0.15) is 5.60 Å². The summed E-state index contributed by atoms with van der Waals surface area (Å²) in [5.41, 5.74) is 6.61. The van der Waals surface area contributed by atoms with Gasteiger partial charge in [0.15, 0.2) is 0 Å². The molecule has 0 aromatic heterocycles. The van der Waals surface area contributed by atoms with Gasteiger partial charge in [-0.05, 0) is 53.8 Å². The monoisotopic (exact) mass is 416 g/mol. The highest BCUT2D eigenvalue weighted by atomic mass is 16.3. The van der Waals surface area contributed by atoms with Crippen LogP contribution in [0, 0.1) is 0 Å². The molecule has 32 heavy (non-hydrogen) atoms. The summed E-state index contributed by atoms with van der Waals surface area (Å²) in [7, 11) is 0. The molecule has 0 fully saturated rings. The van der Waals surface area contributed by atoms with Gasteiger partial charge in [-0.3, -0.25) is 0 Å². The number of hydrogen-bond acceptors (Lipinski definition) is 1. The zero-order valence-corrected chi connectivity index (χ0v) is 18.8. The molecule has 1 aliphatic rings. The van der Waals surface area contributed by atoms with Crippen LogP contribution in [0.1, 0.15) is 48.9 Å². The van der Waals surface area contributed by atoms with Crippen LogP contribution in [0.4, 0.5) is 0 Å². The van der Waals surface area contributed by atoms with Crippen LogP contribution in [0.3, 0.4) is 0 Å². The number of aliphatic hydroxyl groups is 1. The highest BCUT2D eigenvalue weighted by molar-refractivity contribution is 5.89. The van der Waals surface area contributed by atoms with Crippen LogP contribution in [0.2, 0.25) is 0 Å². The lowest BCUT2D eigenvalue weighted by atomic mass is 9.73. The van der Waals surface area contributed by atoms with Gasteiger partial charge in [-0.1, -0.05) is 114 Å². The fraction of sp³-hybridized carbons (Fsp3) is 0.161. The first-order valence-electron chi connectivity index (χ1n) is 11.2. The number of allylic oxidation sites excluding steroid dienone is 4. The van der Waals surface area contributed by atoms with Crippen LogP contribution >= 0.6 is 0 Å². The molecule has 5 rings (SSSR count). The summed E-state index contributed by atoms with van der Waals surface area (Å²) in [6.07, 6.45) is 2.34. The Labute approximate surface area is 190 Å². The fourth-order valence-corrected chi connectivity index (χ4v) is 5.13. The number of benzene rings is 4. The van der Waals surface area contributed by atoms with Crippen LogP contribution in [-0.2, 0) is 5.60 Å². The van der Waals surface area contributed by atoms with Crippen LogP contribution in [-0.4, -0.2) is 5.11 Å². The summed E-state index contributed by atoms with van der Waals surface area (Å²) in [4.78, 5) is 0. The molecular weight excluding hydrogens is 388 g/mol. The average Bonchev–Trinajstić information content (AvgIpc) is 3.11. The zero-order chi connectivity index (χ0) is 22.3. The first kappa shape index (κ1) is 20.5. The lowest BCUT2D eigenvalue weighted by Gasteiger charge is -2.34. The minimum Gasteiger partial charge on any atom is -0.376 e. The summed E-state index contributed by atoms with van der Waals surface area (Å²) in [6.45, 7) is 6.60. The van der Waals surface area contributed by atoms with Crippen molar-refractivity contribution in [2.24, 2.45) is 0 Å². The Balaban J connectivity index is 1.91. The molecule has 158 valence electrons. The smallest absolute Gasteiger partial charge is 0.141 e. The topological polar surface area (TPSA) is 20.2 Å². The van der Waals surface area contributed by atoms with Crippen LogP contribution in [0.25, 0.3) is 10.8 Å². The van der Waals surface area contributed by atoms with E-state index in [4.69, 9.17) is 0 Å². The van der Waals surface area contributed by atoms with E-state index < -0.39 is 5.60 Å². The van der Waals surface area contributed by atoms with Gasteiger partial charge in [0, 0.05) is 11.5 Å². The van der Waals surface area contributed by atoms with Gasteiger partial charge >= 0.3 is 0 Å². The minimum absolute atomic E-state index is 0.147. The second-order valence-corrected chi connectivity index (χ2v) is 8.83. The molecule has 1 unspecified atom stereocenters. The van der Waals surface area contributed by atoms with Crippen LogP contribution in [0.5, 0.6) is 0 Å². The van der Waals surface area contributed by atoms with Crippen molar-refractivity contribution in [1.82, 2.24) is 0 Å². The molecule has 1 atom stereocenters. The van der Waals surface area contributed by atoms with E-state index in [1.165, 1.54) is 16.7 Å². The van der Waals surface area contributed by atoms with Crippen LogP contribution < -0.4 is 0 Å². The molecule has 0 radical (unpaired) electrons. The van der Waals surface area contributed by atoms with Crippen molar-refractivity contribution in [2.45, 2.75) is 32.3 Å². The Bertz CT molecular complexity index is 1300. The standard InChI is InChI=1S/C31H28O/c1-21-20-29(23(3)22(21)2)28-19-18-24-12-10-11-17-27(24)30(28)31(32,25-13-6-4-7-14-25)26-15-8-5-9-16-26/h4-20,29,32H,1-3H3.